The Balaban J connectivity index is 2.04. The molecule has 1 aliphatic carbocycles. The van der Waals surface area contributed by atoms with Crippen molar-refractivity contribution in [2.45, 2.75) is 46.1 Å². The van der Waals surface area contributed by atoms with Gasteiger partial charge in [-0.15, -0.1) is 0 Å². The van der Waals surface area contributed by atoms with E-state index < -0.39 is 11.9 Å². The third kappa shape index (κ3) is 3.54. The number of aryl methyl sites for hydroxylation is 3. The number of carboxylic acid groups (broad SMARTS) is 1. The van der Waals surface area contributed by atoms with Crippen LogP contribution in [0, 0.1) is 26.7 Å². The standard InChI is InChI=1S/C16H22N2O3/c1-9-7-10(2)14(11(3)8-9)18-16(21)17-13-6-4-5-12(13)15(19)20/h7-8,12-13H,4-6H2,1-3H3,(H,19,20)(H2,17,18,21). The minimum atomic E-state index is -0.833. The molecule has 2 atom stereocenters. The minimum absolute atomic E-state index is 0.284. The van der Waals surface area contributed by atoms with Gasteiger partial charge in [0.2, 0.25) is 0 Å². The first-order valence-electron chi connectivity index (χ1n) is 7.26. The number of amides is 2. The highest BCUT2D eigenvalue weighted by atomic mass is 16.4. The summed E-state index contributed by atoms with van der Waals surface area (Å²) in [5, 5.41) is 14.8. The Morgan fingerprint density at radius 2 is 1.76 bits per heavy atom. The summed E-state index contributed by atoms with van der Waals surface area (Å²) in [4.78, 5) is 23.2. The molecule has 1 aliphatic rings. The maximum Gasteiger partial charge on any atom is 0.319 e. The zero-order valence-electron chi connectivity index (χ0n) is 12.7. The Bertz CT molecular complexity index is 546. The summed E-state index contributed by atoms with van der Waals surface area (Å²) in [7, 11) is 0. The molecule has 0 radical (unpaired) electrons. The van der Waals surface area contributed by atoms with Crippen LogP contribution in [0.3, 0.4) is 0 Å². The Morgan fingerprint density at radius 1 is 1.14 bits per heavy atom. The number of hydrogen-bond acceptors (Lipinski definition) is 2. The van der Waals surface area contributed by atoms with E-state index >= 15 is 0 Å². The summed E-state index contributed by atoms with van der Waals surface area (Å²) >= 11 is 0. The number of hydrogen-bond donors (Lipinski definition) is 3. The summed E-state index contributed by atoms with van der Waals surface area (Å²) in [5.74, 6) is -1.31. The van der Waals surface area contributed by atoms with Crippen molar-refractivity contribution in [1.82, 2.24) is 5.32 Å². The number of rotatable bonds is 3. The van der Waals surface area contributed by atoms with Gasteiger partial charge >= 0.3 is 12.0 Å². The van der Waals surface area contributed by atoms with Crippen LogP contribution in [0.25, 0.3) is 0 Å². The molecule has 0 aliphatic heterocycles. The fraction of sp³-hybridized carbons (Fsp3) is 0.500. The lowest BCUT2D eigenvalue weighted by Crippen LogP contribution is -2.42. The van der Waals surface area contributed by atoms with Gasteiger partial charge in [-0.3, -0.25) is 4.79 Å². The molecule has 0 bridgehead atoms. The molecule has 1 aromatic rings. The van der Waals surface area contributed by atoms with Crippen LogP contribution in [0.1, 0.15) is 36.0 Å². The Hall–Kier alpha value is -2.04. The molecule has 114 valence electrons. The lowest BCUT2D eigenvalue weighted by molar-refractivity contribution is -0.142. The minimum Gasteiger partial charge on any atom is -0.481 e. The van der Waals surface area contributed by atoms with Gasteiger partial charge in [0.05, 0.1) is 5.92 Å². The molecule has 0 aromatic heterocycles. The quantitative estimate of drug-likeness (QED) is 0.800. The van der Waals surface area contributed by atoms with Crippen molar-refractivity contribution < 1.29 is 14.7 Å². The molecule has 3 N–H and O–H groups in total. The molecule has 2 rings (SSSR count). The van der Waals surface area contributed by atoms with Crippen molar-refractivity contribution in [2.75, 3.05) is 5.32 Å². The number of carboxylic acids is 1. The predicted octanol–water partition coefficient (Wildman–Crippen LogP) is 2.99. The molecular weight excluding hydrogens is 268 g/mol. The second-order valence-corrected chi connectivity index (χ2v) is 5.85. The first kappa shape index (κ1) is 15.4. The van der Waals surface area contributed by atoms with E-state index in [2.05, 4.69) is 10.6 Å². The van der Waals surface area contributed by atoms with Gasteiger partial charge in [0.15, 0.2) is 0 Å². The SMILES string of the molecule is Cc1cc(C)c(NC(=O)NC2CCCC2C(=O)O)c(C)c1. The monoisotopic (exact) mass is 290 g/mol. The lowest BCUT2D eigenvalue weighted by atomic mass is 10.0. The van der Waals surface area contributed by atoms with Gasteiger partial charge < -0.3 is 15.7 Å². The van der Waals surface area contributed by atoms with E-state index in [9.17, 15) is 9.59 Å². The van der Waals surface area contributed by atoms with Crippen LogP contribution in [-0.2, 0) is 4.79 Å². The van der Waals surface area contributed by atoms with Crippen molar-refractivity contribution >= 4 is 17.7 Å². The Morgan fingerprint density at radius 3 is 2.33 bits per heavy atom. The van der Waals surface area contributed by atoms with E-state index in [0.29, 0.717) is 6.42 Å². The van der Waals surface area contributed by atoms with Gasteiger partial charge in [0, 0.05) is 11.7 Å². The molecule has 0 heterocycles. The Labute approximate surface area is 124 Å². The number of carbonyl (C=O) groups excluding carboxylic acids is 1. The maximum atomic E-state index is 12.1. The number of aliphatic carboxylic acids is 1. The molecule has 1 saturated carbocycles. The van der Waals surface area contributed by atoms with Gasteiger partial charge in [-0.1, -0.05) is 24.1 Å². The van der Waals surface area contributed by atoms with E-state index in [1.54, 1.807) is 0 Å². The first-order chi connectivity index (χ1) is 9.88. The average Bonchev–Trinajstić information content (AvgIpc) is 2.82. The van der Waals surface area contributed by atoms with E-state index in [1.807, 2.05) is 32.9 Å². The van der Waals surface area contributed by atoms with Crippen molar-refractivity contribution in [1.29, 1.82) is 0 Å². The smallest absolute Gasteiger partial charge is 0.319 e. The van der Waals surface area contributed by atoms with Crippen molar-refractivity contribution in [3.63, 3.8) is 0 Å². The van der Waals surface area contributed by atoms with Crippen molar-refractivity contribution in [3.05, 3.63) is 28.8 Å². The summed E-state index contributed by atoms with van der Waals surface area (Å²) in [5.41, 5.74) is 3.95. The van der Waals surface area contributed by atoms with Crippen LogP contribution in [0.5, 0.6) is 0 Å². The summed E-state index contributed by atoms with van der Waals surface area (Å²) in [6.07, 6.45) is 2.18. The van der Waals surface area contributed by atoms with E-state index in [0.717, 1.165) is 35.2 Å². The van der Waals surface area contributed by atoms with Crippen LogP contribution < -0.4 is 10.6 Å². The van der Waals surface area contributed by atoms with Crippen molar-refractivity contribution in [3.8, 4) is 0 Å². The van der Waals surface area contributed by atoms with E-state index in [-0.39, 0.29) is 12.1 Å². The molecular formula is C16H22N2O3. The largest absolute Gasteiger partial charge is 0.481 e. The fourth-order valence-electron chi connectivity index (χ4n) is 3.12. The molecule has 0 spiro atoms. The van der Waals surface area contributed by atoms with Crippen LogP contribution in [0.15, 0.2) is 12.1 Å². The molecule has 5 nitrogen and oxygen atoms in total. The van der Waals surface area contributed by atoms with Gasteiger partial charge in [-0.25, -0.2) is 4.79 Å². The van der Waals surface area contributed by atoms with Gasteiger partial charge in [-0.05, 0) is 44.7 Å². The lowest BCUT2D eigenvalue weighted by Gasteiger charge is -2.19. The number of nitrogens with one attached hydrogen (secondary N) is 2. The second-order valence-electron chi connectivity index (χ2n) is 5.85. The predicted molar refractivity (Wildman–Crippen MR) is 81.6 cm³/mol. The number of urea groups is 1. The zero-order chi connectivity index (χ0) is 15.6. The Kier molecular flexibility index (Phi) is 4.50. The second kappa shape index (κ2) is 6.16. The van der Waals surface area contributed by atoms with Crippen LogP contribution >= 0.6 is 0 Å². The number of anilines is 1. The molecule has 1 fully saturated rings. The normalized spacial score (nSPS) is 21.1. The topological polar surface area (TPSA) is 78.4 Å². The summed E-state index contributed by atoms with van der Waals surface area (Å²) in [6.45, 7) is 5.91. The number of carbonyl (C=O) groups is 2. The fourth-order valence-corrected chi connectivity index (χ4v) is 3.12. The molecule has 2 unspecified atom stereocenters. The van der Waals surface area contributed by atoms with Crippen molar-refractivity contribution in [2.24, 2.45) is 5.92 Å². The maximum absolute atomic E-state index is 12.1. The average molecular weight is 290 g/mol. The zero-order valence-corrected chi connectivity index (χ0v) is 12.7. The van der Waals surface area contributed by atoms with Crippen LogP contribution in [0.2, 0.25) is 0 Å². The molecule has 1 aromatic carbocycles. The third-order valence-electron chi connectivity index (χ3n) is 4.07. The molecule has 0 saturated heterocycles. The molecule has 2 amide bonds. The number of benzene rings is 1. The highest BCUT2D eigenvalue weighted by molar-refractivity contribution is 5.91. The molecule has 5 heteroatoms. The van der Waals surface area contributed by atoms with Gasteiger partial charge in [0.25, 0.3) is 0 Å². The molecule has 21 heavy (non-hydrogen) atoms. The first-order valence-corrected chi connectivity index (χ1v) is 7.26. The van der Waals surface area contributed by atoms with Crippen LogP contribution in [-0.4, -0.2) is 23.1 Å². The van der Waals surface area contributed by atoms with Gasteiger partial charge in [-0.2, -0.15) is 0 Å². The van der Waals surface area contributed by atoms with Crippen LogP contribution in [0.4, 0.5) is 10.5 Å². The summed E-state index contributed by atoms with van der Waals surface area (Å²) < 4.78 is 0. The van der Waals surface area contributed by atoms with Gasteiger partial charge in [0.1, 0.15) is 0 Å². The van der Waals surface area contributed by atoms with E-state index in [4.69, 9.17) is 5.11 Å². The van der Waals surface area contributed by atoms with E-state index in [1.165, 1.54) is 0 Å². The highest BCUT2D eigenvalue weighted by Gasteiger charge is 2.33. The third-order valence-corrected chi connectivity index (χ3v) is 4.07. The highest BCUT2D eigenvalue weighted by Crippen LogP contribution is 2.26. The summed E-state index contributed by atoms with van der Waals surface area (Å²) in [6, 6.07) is 3.41.